The number of nitrogens with zero attached hydrogens (tertiary/aromatic N) is 3. The van der Waals surface area contributed by atoms with Crippen molar-refractivity contribution in [2.24, 2.45) is 7.05 Å². The van der Waals surface area contributed by atoms with Gasteiger partial charge in [-0.05, 0) is 37.5 Å². The van der Waals surface area contributed by atoms with Gasteiger partial charge in [-0.3, -0.25) is 9.59 Å². The molecule has 11 heteroatoms. The molecule has 2 N–H and O–H groups in total. The van der Waals surface area contributed by atoms with Crippen molar-refractivity contribution in [3.05, 3.63) is 35.2 Å². The second-order valence-corrected chi connectivity index (χ2v) is 10.5. The predicted octanol–water partition coefficient (Wildman–Crippen LogP) is 1.18. The average Bonchev–Trinajstić information content (AvgIpc) is 3.23. The van der Waals surface area contributed by atoms with E-state index >= 15 is 0 Å². The summed E-state index contributed by atoms with van der Waals surface area (Å²) in [5.41, 5.74) is 2.79. The summed E-state index contributed by atoms with van der Waals surface area (Å²) in [5, 5.41) is 14.1. The van der Waals surface area contributed by atoms with Crippen LogP contribution in [-0.4, -0.2) is 58.8 Å². The van der Waals surface area contributed by atoms with Gasteiger partial charge in [0, 0.05) is 18.7 Å². The number of carbonyl (C=O) groups excluding carboxylic acids is 2. The van der Waals surface area contributed by atoms with Crippen LogP contribution < -0.4 is 10.6 Å². The van der Waals surface area contributed by atoms with Crippen LogP contribution in [0.4, 0.5) is 5.69 Å². The van der Waals surface area contributed by atoms with Gasteiger partial charge in [-0.15, -0.1) is 10.2 Å². The van der Waals surface area contributed by atoms with Crippen LogP contribution in [0.25, 0.3) is 0 Å². The minimum Gasteiger partial charge on any atom is -0.346 e. The fraction of sp³-hybridized carbons (Fsp3) is 0.474. The number of rotatable bonds is 7. The van der Waals surface area contributed by atoms with E-state index in [0.29, 0.717) is 17.4 Å². The molecule has 1 aliphatic rings. The van der Waals surface area contributed by atoms with Crippen LogP contribution in [-0.2, 0) is 26.5 Å². The molecule has 9 nitrogen and oxygen atoms in total. The second-order valence-electron chi connectivity index (χ2n) is 7.36. The number of aryl methyl sites for hydroxylation is 1. The number of hydrogen-bond acceptors (Lipinski definition) is 7. The molecule has 162 valence electrons. The first-order valence-corrected chi connectivity index (χ1v) is 12.3. The van der Waals surface area contributed by atoms with E-state index in [1.165, 1.54) is 11.8 Å². The molecular weight excluding hydrogens is 426 g/mol. The van der Waals surface area contributed by atoms with Gasteiger partial charge in [-0.25, -0.2) is 8.42 Å². The summed E-state index contributed by atoms with van der Waals surface area (Å²) in [7, 11) is -1.25. The van der Waals surface area contributed by atoms with Gasteiger partial charge in [-0.2, -0.15) is 0 Å². The molecule has 2 heterocycles. The van der Waals surface area contributed by atoms with Gasteiger partial charge in [0.1, 0.15) is 5.82 Å². The van der Waals surface area contributed by atoms with Crippen molar-refractivity contribution < 1.29 is 18.0 Å². The van der Waals surface area contributed by atoms with Crippen LogP contribution in [0.1, 0.15) is 29.3 Å². The monoisotopic (exact) mass is 451 g/mol. The molecule has 1 aromatic carbocycles. The lowest BCUT2D eigenvalue weighted by Crippen LogP contribution is -2.34. The van der Waals surface area contributed by atoms with Crippen molar-refractivity contribution in [3.8, 4) is 0 Å². The zero-order valence-corrected chi connectivity index (χ0v) is 18.8. The maximum Gasteiger partial charge on any atom is 0.243 e. The van der Waals surface area contributed by atoms with Crippen molar-refractivity contribution in [1.82, 2.24) is 20.1 Å². The number of thioether (sulfide) groups is 1. The number of anilines is 1. The molecule has 1 aromatic heterocycles. The summed E-state index contributed by atoms with van der Waals surface area (Å²) in [6.45, 7) is 3.76. The molecule has 0 radical (unpaired) electrons. The Kier molecular flexibility index (Phi) is 6.81. The van der Waals surface area contributed by atoms with Crippen molar-refractivity contribution in [1.29, 1.82) is 0 Å². The van der Waals surface area contributed by atoms with Crippen molar-refractivity contribution in [2.75, 3.05) is 29.1 Å². The van der Waals surface area contributed by atoms with E-state index in [4.69, 9.17) is 0 Å². The molecule has 3 rings (SSSR count). The number of aromatic nitrogens is 3. The fourth-order valence-corrected chi connectivity index (χ4v) is 5.73. The molecule has 1 fully saturated rings. The van der Waals surface area contributed by atoms with E-state index in [2.05, 4.69) is 20.8 Å². The third-order valence-electron chi connectivity index (χ3n) is 5.12. The maximum absolute atomic E-state index is 12.1. The lowest BCUT2D eigenvalue weighted by Gasteiger charge is -2.11. The lowest BCUT2D eigenvalue weighted by molar-refractivity contribution is -0.122. The summed E-state index contributed by atoms with van der Waals surface area (Å²) in [4.78, 5) is 24.2. The minimum absolute atomic E-state index is 0.0751. The summed E-state index contributed by atoms with van der Waals surface area (Å²) in [5.74, 6) is 0.177. The van der Waals surface area contributed by atoms with E-state index < -0.39 is 9.84 Å². The number of hydrogen-bond donors (Lipinski definition) is 2. The van der Waals surface area contributed by atoms with Crippen LogP contribution in [0.3, 0.4) is 0 Å². The van der Waals surface area contributed by atoms with Gasteiger partial charge in [0.25, 0.3) is 0 Å². The molecule has 2 amide bonds. The van der Waals surface area contributed by atoms with Crippen LogP contribution >= 0.6 is 11.8 Å². The standard InChI is InChI=1S/C19H25N5O4S2/c1-12-5-4-6-15(13(12)2)21-16(25)9-20-17(26)10-29-19-23-22-18(24(19)3)14-7-8-30(27,28)11-14/h4-6,14H,7-11H2,1-3H3,(H,20,26)(H,21,25). The van der Waals surface area contributed by atoms with Gasteiger partial charge in [0.15, 0.2) is 15.0 Å². The minimum atomic E-state index is -3.01. The Hall–Kier alpha value is -2.40. The smallest absolute Gasteiger partial charge is 0.243 e. The number of benzene rings is 1. The van der Waals surface area contributed by atoms with Crippen molar-refractivity contribution in [2.45, 2.75) is 31.3 Å². The molecule has 30 heavy (non-hydrogen) atoms. The van der Waals surface area contributed by atoms with Gasteiger partial charge < -0.3 is 15.2 Å². The highest BCUT2D eigenvalue weighted by atomic mass is 32.2. The Morgan fingerprint density at radius 1 is 1.23 bits per heavy atom. The van der Waals surface area contributed by atoms with Crippen LogP contribution in [0, 0.1) is 13.8 Å². The van der Waals surface area contributed by atoms with E-state index in [9.17, 15) is 18.0 Å². The molecule has 1 atom stereocenters. The fourth-order valence-electron chi connectivity index (χ4n) is 3.25. The number of carbonyl (C=O) groups is 2. The Morgan fingerprint density at radius 2 is 2.00 bits per heavy atom. The molecule has 0 aliphatic carbocycles. The highest BCUT2D eigenvalue weighted by Crippen LogP contribution is 2.29. The van der Waals surface area contributed by atoms with Crippen LogP contribution in [0.2, 0.25) is 0 Å². The first-order valence-electron chi connectivity index (χ1n) is 9.51. The lowest BCUT2D eigenvalue weighted by atomic mass is 10.1. The summed E-state index contributed by atoms with van der Waals surface area (Å²) < 4.78 is 25.1. The summed E-state index contributed by atoms with van der Waals surface area (Å²) in [6, 6.07) is 5.65. The Bertz CT molecular complexity index is 1060. The number of amides is 2. The van der Waals surface area contributed by atoms with E-state index in [1.54, 1.807) is 11.6 Å². The third-order valence-corrected chi connectivity index (χ3v) is 7.91. The SMILES string of the molecule is Cc1cccc(NC(=O)CNC(=O)CSc2nnc(C3CCS(=O)(=O)C3)n2C)c1C. The molecule has 0 spiro atoms. The maximum atomic E-state index is 12.1. The van der Waals surface area contributed by atoms with E-state index in [1.807, 2.05) is 32.0 Å². The van der Waals surface area contributed by atoms with Gasteiger partial charge in [0.2, 0.25) is 11.8 Å². The summed E-state index contributed by atoms with van der Waals surface area (Å²) in [6.07, 6.45) is 0.537. The topological polar surface area (TPSA) is 123 Å². The Morgan fingerprint density at radius 3 is 2.70 bits per heavy atom. The average molecular weight is 452 g/mol. The predicted molar refractivity (Wildman–Crippen MR) is 115 cm³/mol. The van der Waals surface area contributed by atoms with E-state index in [-0.39, 0.29) is 41.5 Å². The highest BCUT2D eigenvalue weighted by molar-refractivity contribution is 7.99. The zero-order valence-electron chi connectivity index (χ0n) is 17.1. The molecule has 0 bridgehead atoms. The van der Waals surface area contributed by atoms with Crippen LogP contribution in [0.15, 0.2) is 23.4 Å². The molecule has 1 saturated heterocycles. The van der Waals surface area contributed by atoms with Gasteiger partial charge >= 0.3 is 0 Å². The quantitative estimate of drug-likeness (QED) is 0.606. The molecule has 2 aromatic rings. The first-order chi connectivity index (χ1) is 14.2. The number of nitrogens with one attached hydrogen (secondary N) is 2. The molecule has 1 unspecified atom stereocenters. The first kappa shape index (κ1) is 22.3. The van der Waals surface area contributed by atoms with Gasteiger partial charge in [0.05, 0.1) is 23.8 Å². The highest BCUT2D eigenvalue weighted by Gasteiger charge is 2.32. The molecule has 0 saturated carbocycles. The largest absolute Gasteiger partial charge is 0.346 e. The zero-order chi connectivity index (χ0) is 21.9. The molecular formula is C19H25N5O4S2. The Balaban J connectivity index is 1.47. The molecule has 1 aliphatic heterocycles. The van der Waals surface area contributed by atoms with Crippen molar-refractivity contribution >= 4 is 39.1 Å². The second kappa shape index (κ2) is 9.17. The van der Waals surface area contributed by atoms with Gasteiger partial charge in [-0.1, -0.05) is 23.9 Å². The number of sulfone groups is 1. The normalized spacial score (nSPS) is 17.6. The third kappa shape index (κ3) is 5.39. The van der Waals surface area contributed by atoms with Crippen LogP contribution in [0.5, 0.6) is 0 Å². The Labute approximate surface area is 179 Å². The van der Waals surface area contributed by atoms with Crippen molar-refractivity contribution in [3.63, 3.8) is 0 Å². The summed E-state index contributed by atoms with van der Waals surface area (Å²) >= 11 is 1.19. The van der Waals surface area contributed by atoms with E-state index in [0.717, 1.165) is 16.8 Å².